The Bertz CT molecular complexity index is 1200. The van der Waals surface area contributed by atoms with Crippen LogP contribution < -0.4 is 10.6 Å². The standard InChI is InChI=1S/C27H35F2N3O3S2/c1-6-35-25(33)22-18-9-7-8-10-20(18)37-24(22)31-26(34)30-13-19-17-11-12-32(16(4)5)14-21(17)36-23(19)27(28,29)15(2)3/h16H,2,6-14H2,1,3-5H3,(H2,30,31,34). The zero-order valence-corrected chi connectivity index (χ0v) is 23.5. The van der Waals surface area contributed by atoms with E-state index < -0.39 is 17.9 Å². The Morgan fingerprint density at radius 1 is 1.14 bits per heavy atom. The minimum atomic E-state index is -3.18. The number of carbonyl (C=O) groups is 2. The average Bonchev–Trinajstić information content (AvgIpc) is 3.40. The molecule has 2 N–H and O–H groups in total. The third kappa shape index (κ3) is 5.61. The van der Waals surface area contributed by atoms with Gasteiger partial charge in [0.15, 0.2) is 0 Å². The van der Waals surface area contributed by atoms with Gasteiger partial charge in [-0.2, -0.15) is 8.78 Å². The summed E-state index contributed by atoms with van der Waals surface area (Å²) in [6.07, 6.45) is 4.32. The quantitative estimate of drug-likeness (QED) is 0.286. The van der Waals surface area contributed by atoms with Crippen LogP contribution in [0.15, 0.2) is 12.2 Å². The van der Waals surface area contributed by atoms with E-state index in [1.807, 2.05) is 0 Å². The van der Waals surface area contributed by atoms with Gasteiger partial charge in [0, 0.05) is 35.4 Å². The van der Waals surface area contributed by atoms with Crippen LogP contribution in [0, 0.1) is 0 Å². The highest BCUT2D eigenvalue weighted by Crippen LogP contribution is 2.45. The molecule has 0 spiro atoms. The molecule has 37 heavy (non-hydrogen) atoms. The number of hydrogen-bond donors (Lipinski definition) is 2. The van der Waals surface area contributed by atoms with E-state index in [4.69, 9.17) is 4.74 Å². The van der Waals surface area contributed by atoms with Crippen molar-refractivity contribution in [1.82, 2.24) is 10.2 Å². The van der Waals surface area contributed by atoms with Crippen molar-refractivity contribution >= 4 is 39.7 Å². The van der Waals surface area contributed by atoms with Gasteiger partial charge in [-0.1, -0.05) is 6.58 Å². The van der Waals surface area contributed by atoms with E-state index in [1.54, 1.807) is 6.92 Å². The maximum atomic E-state index is 15.2. The molecule has 10 heteroatoms. The maximum absolute atomic E-state index is 15.2. The molecular formula is C27H35F2N3O3S2. The molecule has 4 rings (SSSR count). The molecule has 0 aromatic carbocycles. The first-order valence-corrected chi connectivity index (χ1v) is 14.5. The van der Waals surface area contributed by atoms with Crippen LogP contribution in [0.4, 0.5) is 18.6 Å². The fourth-order valence-corrected chi connectivity index (χ4v) is 7.67. The van der Waals surface area contributed by atoms with E-state index in [-0.39, 0.29) is 23.6 Å². The van der Waals surface area contributed by atoms with E-state index in [0.717, 1.165) is 64.4 Å². The maximum Gasteiger partial charge on any atom is 0.341 e. The first-order valence-electron chi connectivity index (χ1n) is 12.8. The van der Waals surface area contributed by atoms with E-state index in [0.29, 0.717) is 35.1 Å². The number of rotatable bonds is 8. The second kappa shape index (κ2) is 11.2. The van der Waals surface area contributed by atoms with Gasteiger partial charge in [0.1, 0.15) is 5.00 Å². The molecular weight excluding hydrogens is 516 g/mol. The van der Waals surface area contributed by atoms with Crippen LogP contribution in [0.3, 0.4) is 0 Å². The second-order valence-electron chi connectivity index (χ2n) is 9.92. The normalized spacial score (nSPS) is 15.8. The lowest BCUT2D eigenvalue weighted by Gasteiger charge is -2.30. The molecule has 0 fully saturated rings. The Hall–Kier alpha value is -2.30. The lowest BCUT2D eigenvalue weighted by atomic mass is 9.95. The van der Waals surface area contributed by atoms with Crippen LogP contribution in [-0.2, 0) is 43.0 Å². The van der Waals surface area contributed by atoms with Gasteiger partial charge in [-0.3, -0.25) is 10.2 Å². The molecule has 0 radical (unpaired) electrons. The number of anilines is 1. The van der Waals surface area contributed by atoms with Gasteiger partial charge in [0.2, 0.25) is 0 Å². The summed E-state index contributed by atoms with van der Waals surface area (Å²) < 4.78 is 35.7. The highest BCUT2D eigenvalue weighted by atomic mass is 32.1. The molecule has 0 bridgehead atoms. The van der Waals surface area contributed by atoms with Crippen LogP contribution >= 0.6 is 22.7 Å². The van der Waals surface area contributed by atoms with Crippen LogP contribution in [0.5, 0.6) is 0 Å². The monoisotopic (exact) mass is 551 g/mol. The molecule has 2 aromatic heterocycles. The molecule has 0 unspecified atom stereocenters. The summed E-state index contributed by atoms with van der Waals surface area (Å²) in [7, 11) is 0. The predicted octanol–water partition coefficient (Wildman–Crippen LogP) is 6.62. The minimum absolute atomic E-state index is 0.0304. The smallest absolute Gasteiger partial charge is 0.341 e. The average molecular weight is 552 g/mol. The topological polar surface area (TPSA) is 70.7 Å². The van der Waals surface area contributed by atoms with Crippen LogP contribution in [-0.4, -0.2) is 36.1 Å². The number of allylic oxidation sites excluding steroid dienone is 1. The third-order valence-electron chi connectivity index (χ3n) is 7.05. The zero-order chi connectivity index (χ0) is 26.9. The summed E-state index contributed by atoms with van der Waals surface area (Å²) in [5.74, 6) is -3.62. The van der Waals surface area contributed by atoms with Gasteiger partial charge in [-0.05, 0) is 82.1 Å². The molecule has 2 aliphatic rings. The summed E-state index contributed by atoms with van der Waals surface area (Å²) in [6.45, 7) is 12.4. The van der Waals surface area contributed by atoms with Gasteiger partial charge >= 0.3 is 17.9 Å². The number of thiophene rings is 2. The number of esters is 1. The van der Waals surface area contributed by atoms with Crippen molar-refractivity contribution in [1.29, 1.82) is 0 Å². The SMILES string of the molecule is C=C(C)C(F)(F)c1sc2c(c1CNC(=O)Nc1sc3c(c1C(=O)OCC)CCCC3)CCN(C(C)C)C2. The Morgan fingerprint density at radius 2 is 1.86 bits per heavy atom. The Morgan fingerprint density at radius 3 is 2.54 bits per heavy atom. The lowest BCUT2D eigenvalue weighted by molar-refractivity contribution is 0.0415. The number of carbonyl (C=O) groups excluding carboxylic acids is 2. The number of amides is 2. The Labute approximate surface area is 225 Å². The van der Waals surface area contributed by atoms with Crippen molar-refractivity contribution in [2.75, 3.05) is 18.5 Å². The molecule has 2 aromatic rings. The number of halogens is 2. The molecule has 3 heterocycles. The molecule has 0 saturated heterocycles. The third-order valence-corrected chi connectivity index (χ3v) is 9.59. The predicted molar refractivity (Wildman–Crippen MR) is 145 cm³/mol. The van der Waals surface area contributed by atoms with Gasteiger partial charge in [0.05, 0.1) is 17.0 Å². The minimum Gasteiger partial charge on any atom is -0.462 e. The van der Waals surface area contributed by atoms with Crippen LogP contribution in [0.1, 0.15) is 82.2 Å². The zero-order valence-electron chi connectivity index (χ0n) is 21.9. The van der Waals surface area contributed by atoms with Gasteiger partial charge in [-0.25, -0.2) is 9.59 Å². The molecule has 0 atom stereocenters. The summed E-state index contributed by atoms with van der Waals surface area (Å²) in [5, 5.41) is 6.05. The van der Waals surface area contributed by atoms with Crippen LogP contribution in [0.2, 0.25) is 0 Å². The molecule has 0 saturated carbocycles. The molecule has 6 nitrogen and oxygen atoms in total. The fourth-order valence-electron chi connectivity index (χ4n) is 4.95. The number of ether oxygens (including phenoxy) is 1. The Kier molecular flexibility index (Phi) is 8.40. The van der Waals surface area contributed by atoms with Crippen LogP contribution in [0.25, 0.3) is 0 Å². The number of fused-ring (bicyclic) bond motifs is 2. The molecule has 2 amide bonds. The number of urea groups is 1. The van der Waals surface area contributed by atoms with E-state index in [9.17, 15) is 9.59 Å². The van der Waals surface area contributed by atoms with Gasteiger partial charge in [-0.15, -0.1) is 22.7 Å². The number of nitrogens with one attached hydrogen (secondary N) is 2. The summed E-state index contributed by atoms with van der Waals surface area (Å²) in [5.41, 5.74) is 2.53. The largest absolute Gasteiger partial charge is 0.462 e. The Balaban J connectivity index is 1.57. The number of nitrogens with zero attached hydrogens (tertiary/aromatic N) is 1. The number of hydrogen-bond acceptors (Lipinski definition) is 6. The lowest BCUT2D eigenvalue weighted by Crippen LogP contribution is -2.36. The highest BCUT2D eigenvalue weighted by Gasteiger charge is 2.40. The highest BCUT2D eigenvalue weighted by molar-refractivity contribution is 7.17. The summed E-state index contributed by atoms with van der Waals surface area (Å²) >= 11 is 2.52. The first kappa shape index (κ1) is 27.7. The summed E-state index contributed by atoms with van der Waals surface area (Å²) in [4.78, 5) is 29.9. The van der Waals surface area contributed by atoms with Crippen molar-refractivity contribution < 1.29 is 23.1 Å². The van der Waals surface area contributed by atoms with E-state index >= 15 is 8.78 Å². The van der Waals surface area contributed by atoms with Crippen molar-refractivity contribution in [3.63, 3.8) is 0 Å². The molecule has 1 aliphatic heterocycles. The second-order valence-corrected chi connectivity index (χ2v) is 12.1. The molecule has 202 valence electrons. The van der Waals surface area contributed by atoms with Crippen molar-refractivity contribution in [2.45, 2.75) is 84.9 Å². The van der Waals surface area contributed by atoms with Crippen molar-refractivity contribution in [3.8, 4) is 0 Å². The van der Waals surface area contributed by atoms with Gasteiger partial charge < -0.3 is 10.1 Å². The first-order chi connectivity index (χ1) is 17.5. The van der Waals surface area contributed by atoms with Gasteiger partial charge in [0.25, 0.3) is 0 Å². The van der Waals surface area contributed by atoms with Crippen molar-refractivity contribution in [2.24, 2.45) is 0 Å². The van der Waals surface area contributed by atoms with E-state index in [2.05, 4.69) is 36.0 Å². The van der Waals surface area contributed by atoms with E-state index in [1.165, 1.54) is 18.3 Å². The number of alkyl halides is 2. The fraction of sp³-hybridized carbons (Fsp3) is 0.556. The molecule has 1 aliphatic carbocycles. The summed E-state index contributed by atoms with van der Waals surface area (Å²) in [6, 6.07) is -0.216. The van der Waals surface area contributed by atoms with Crippen molar-refractivity contribution in [3.05, 3.63) is 49.0 Å². The number of aryl methyl sites for hydroxylation is 1.